The SMILES string of the molecule is COc1ccc(S(=O)(=O)N2CCOCC2)cc1NC(=O)c1cccnc1Sc1ccccc1. The first kappa shape index (κ1) is 23.2. The molecule has 1 fully saturated rings. The summed E-state index contributed by atoms with van der Waals surface area (Å²) in [6.45, 7) is 1.27. The summed E-state index contributed by atoms with van der Waals surface area (Å²) in [7, 11) is -2.27. The molecule has 1 saturated heterocycles. The molecule has 1 amide bonds. The van der Waals surface area contributed by atoms with Crippen molar-refractivity contribution >= 4 is 33.4 Å². The number of amides is 1. The smallest absolute Gasteiger partial charge is 0.258 e. The van der Waals surface area contributed by atoms with Gasteiger partial charge < -0.3 is 14.8 Å². The molecule has 33 heavy (non-hydrogen) atoms. The molecule has 0 radical (unpaired) electrons. The second kappa shape index (κ2) is 10.3. The highest BCUT2D eigenvalue weighted by molar-refractivity contribution is 7.99. The van der Waals surface area contributed by atoms with E-state index in [0.29, 0.717) is 29.6 Å². The van der Waals surface area contributed by atoms with Gasteiger partial charge in [-0.1, -0.05) is 30.0 Å². The second-order valence-corrected chi connectivity index (χ2v) is 10.1. The summed E-state index contributed by atoms with van der Waals surface area (Å²) in [6, 6.07) is 17.4. The molecule has 4 rings (SSSR count). The molecule has 0 saturated carbocycles. The molecular formula is C23H23N3O5S2. The van der Waals surface area contributed by atoms with E-state index in [1.165, 1.54) is 41.4 Å². The van der Waals surface area contributed by atoms with Crippen molar-refractivity contribution in [3.05, 3.63) is 72.4 Å². The number of hydrogen-bond donors (Lipinski definition) is 1. The van der Waals surface area contributed by atoms with Crippen LogP contribution in [-0.4, -0.2) is 57.0 Å². The highest BCUT2D eigenvalue weighted by Gasteiger charge is 2.27. The molecule has 10 heteroatoms. The van der Waals surface area contributed by atoms with Crippen molar-refractivity contribution in [2.75, 3.05) is 38.7 Å². The number of hydrogen-bond acceptors (Lipinski definition) is 7. The molecular weight excluding hydrogens is 462 g/mol. The first-order chi connectivity index (χ1) is 16.0. The first-order valence-electron chi connectivity index (χ1n) is 10.2. The number of pyridine rings is 1. The third-order valence-corrected chi connectivity index (χ3v) is 7.92. The average Bonchev–Trinajstić information content (AvgIpc) is 2.85. The van der Waals surface area contributed by atoms with Gasteiger partial charge in [-0.15, -0.1) is 0 Å². The lowest BCUT2D eigenvalue weighted by Crippen LogP contribution is -2.40. The van der Waals surface area contributed by atoms with Crippen LogP contribution in [-0.2, 0) is 14.8 Å². The topological polar surface area (TPSA) is 97.8 Å². The summed E-state index contributed by atoms with van der Waals surface area (Å²) in [6.07, 6.45) is 1.62. The number of carbonyl (C=O) groups excluding carboxylic acids is 1. The number of benzene rings is 2. The van der Waals surface area contributed by atoms with Gasteiger partial charge in [-0.2, -0.15) is 4.31 Å². The standard InChI is InChI=1S/C23H23N3O5S2/c1-30-21-10-9-18(33(28,29)26-12-14-31-15-13-26)16-20(21)25-22(27)19-8-5-11-24-23(19)32-17-6-3-2-4-7-17/h2-11,16H,12-15H2,1H3,(H,25,27). The van der Waals surface area contributed by atoms with E-state index in [0.717, 1.165) is 4.90 Å². The molecule has 0 unspecified atom stereocenters. The number of sulfonamides is 1. The molecule has 172 valence electrons. The van der Waals surface area contributed by atoms with E-state index in [1.54, 1.807) is 18.3 Å². The van der Waals surface area contributed by atoms with Gasteiger partial charge in [-0.25, -0.2) is 13.4 Å². The van der Waals surface area contributed by atoms with Gasteiger partial charge in [0.15, 0.2) is 0 Å². The lowest BCUT2D eigenvalue weighted by Gasteiger charge is -2.26. The monoisotopic (exact) mass is 485 g/mol. The molecule has 1 aromatic heterocycles. The Bertz CT molecular complexity index is 1230. The van der Waals surface area contributed by atoms with Gasteiger partial charge in [0.2, 0.25) is 10.0 Å². The van der Waals surface area contributed by atoms with Gasteiger partial charge in [0, 0.05) is 24.2 Å². The minimum absolute atomic E-state index is 0.0746. The zero-order valence-corrected chi connectivity index (χ0v) is 19.6. The van der Waals surface area contributed by atoms with E-state index >= 15 is 0 Å². The molecule has 8 nitrogen and oxygen atoms in total. The third kappa shape index (κ3) is 5.36. The Labute approximate surface area is 197 Å². The van der Waals surface area contributed by atoms with Crippen molar-refractivity contribution in [1.82, 2.24) is 9.29 Å². The van der Waals surface area contributed by atoms with E-state index in [2.05, 4.69) is 10.3 Å². The summed E-state index contributed by atoms with van der Waals surface area (Å²) in [5.41, 5.74) is 0.631. The normalized spacial score (nSPS) is 14.6. The Morgan fingerprint density at radius 3 is 2.58 bits per heavy atom. The van der Waals surface area contributed by atoms with Crippen LogP contribution in [0.5, 0.6) is 5.75 Å². The Hall–Kier alpha value is -2.92. The van der Waals surface area contributed by atoms with E-state index in [4.69, 9.17) is 9.47 Å². The number of nitrogens with one attached hydrogen (secondary N) is 1. The van der Waals surface area contributed by atoms with Crippen LogP contribution < -0.4 is 10.1 Å². The van der Waals surface area contributed by atoms with Gasteiger partial charge >= 0.3 is 0 Å². The van der Waals surface area contributed by atoms with Crippen molar-refractivity contribution in [1.29, 1.82) is 0 Å². The van der Waals surface area contributed by atoms with Gasteiger partial charge in [-0.05, 0) is 42.5 Å². The molecule has 2 heterocycles. The largest absolute Gasteiger partial charge is 0.495 e. The fourth-order valence-electron chi connectivity index (χ4n) is 3.32. The van der Waals surface area contributed by atoms with Crippen molar-refractivity contribution in [2.24, 2.45) is 0 Å². The number of rotatable bonds is 7. The fourth-order valence-corrected chi connectivity index (χ4v) is 5.65. The lowest BCUT2D eigenvalue weighted by atomic mass is 10.2. The van der Waals surface area contributed by atoms with Crippen LogP contribution in [0.3, 0.4) is 0 Å². The highest BCUT2D eigenvalue weighted by atomic mass is 32.2. The van der Waals surface area contributed by atoms with E-state index in [9.17, 15) is 13.2 Å². The minimum atomic E-state index is -3.73. The molecule has 1 N–H and O–H groups in total. The van der Waals surface area contributed by atoms with E-state index < -0.39 is 15.9 Å². The quantitative estimate of drug-likeness (QED) is 0.547. The molecule has 3 aromatic rings. The summed E-state index contributed by atoms with van der Waals surface area (Å²) in [5.74, 6) is -0.0637. The maximum absolute atomic E-state index is 13.2. The molecule has 2 aromatic carbocycles. The van der Waals surface area contributed by atoms with Gasteiger partial charge in [-0.3, -0.25) is 4.79 Å². The number of carbonyl (C=O) groups is 1. The molecule has 1 aliphatic heterocycles. The minimum Gasteiger partial charge on any atom is -0.495 e. The number of nitrogens with zero attached hydrogens (tertiary/aromatic N) is 2. The Kier molecular flexibility index (Phi) is 7.29. The van der Waals surface area contributed by atoms with Crippen LogP contribution >= 0.6 is 11.8 Å². The van der Waals surface area contributed by atoms with Crippen LogP contribution in [0, 0.1) is 0 Å². The van der Waals surface area contributed by atoms with Crippen LogP contribution in [0.1, 0.15) is 10.4 Å². The van der Waals surface area contributed by atoms with Gasteiger partial charge in [0.25, 0.3) is 5.91 Å². The second-order valence-electron chi connectivity index (χ2n) is 7.10. The Balaban J connectivity index is 1.61. The van der Waals surface area contributed by atoms with Gasteiger partial charge in [0.1, 0.15) is 10.8 Å². The molecule has 0 spiro atoms. The summed E-state index contributed by atoms with van der Waals surface area (Å²) in [5, 5.41) is 3.33. The fraction of sp³-hybridized carbons (Fsp3) is 0.217. The van der Waals surface area contributed by atoms with Crippen LogP contribution in [0.4, 0.5) is 5.69 Å². The number of ether oxygens (including phenoxy) is 2. The third-order valence-electron chi connectivity index (χ3n) is 5.00. The van der Waals surface area contributed by atoms with Crippen LogP contribution in [0.25, 0.3) is 0 Å². The van der Waals surface area contributed by atoms with E-state index in [1.807, 2.05) is 30.3 Å². The highest BCUT2D eigenvalue weighted by Crippen LogP contribution is 2.32. The molecule has 0 aliphatic carbocycles. The zero-order valence-electron chi connectivity index (χ0n) is 17.9. The summed E-state index contributed by atoms with van der Waals surface area (Å²) < 4.78 is 38.1. The molecule has 0 atom stereocenters. The zero-order chi connectivity index (χ0) is 23.3. The van der Waals surface area contributed by atoms with Crippen LogP contribution in [0.15, 0.2) is 81.7 Å². The Morgan fingerprint density at radius 1 is 1.09 bits per heavy atom. The average molecular weight is 486 g/mol. The van der Waals surface area contributed by atoms with Crippen LogP contribution in [0.2, 0.25) is 0 Å². The maximum atomic E-state index is 13.2. The molecule has 0 bridgehead atoms. The van der Waals surface area contributed by atoms with E-state index in [-0.39, 0.29) is 23.7 Å². The van der Waals surface area contributed by atoms with Gasteiger partial charge in [0.05, 0.1) is 36.5 Å². The molecule has 1 aliphatic rings. The number of anilines is 1. The predicted molar refractivity (Wildman–Crippen MR) is 125 cm³/mol. The predicted octanol–water partition coefficient (Wildman–Crippen LogP) is 3.51. The van der Waals surface area contributed by atoms with Crippen molar-refractivity contribution in [2.45, 2.75) is 14.8 Å². The lowest BCUT2D eigenvalue weighted by molar-refractivity contribution is 0.0730. The summed E-state index contributed by atoms with van der Waals surface area (Å²) >= 11 is 1.37. The first-order valence-corrected chi connectivity index (χ1v) is 12.5. The van der Waals surface area contributed by atoms with Crippen molar-refractivity contribution < 1.29 is 22.7 Å². The van der Waals surface area contributed by atoms with Crippen molar-refractivity contribution in [3.63, 3.8) is 0 Å². The van der Waals surface area contributed by atoms with Crippen molar-refractivity contribution in [3.8, 4) is 5.75 Å². The number of aromatic nitrogens is 1. The maximum Gasteiger partial charge on any atom is 0.258 e. The number of methoxy groups -OCH3 is 1. The summed E-state index contributed by atoms with van der Waals surface area (Å²) in [4.78, 5) is 18.5. The Morgan fingerprint density at radius 2 is 1.85 bits per heavy atom. The number of morpholine rings is 1.